The zero-order chi connectivity index (χ0) is 23.5. The van der Waals surface area contributed by atoms with Gasteiger partial charge in [-0.05, 0) is 50.7 Å². The van der Waals surface area contributed by atoms with Gasteiger partial charge in [0.05, 0.1) is 12.1 Å². The number of halogens is 3. The minimum Gasteiger partial charge on any atom is -0.478 e. The fourth-order valence-corrected chi connectivity index (χ4v) is 3.76. The number of carboxylic acids is 1. The summed E-state index contributed by atoms with van der Waals surface area (Å²) in [6.07, 6.45) is -4.37. The first-order chi connectivity index (χ1) is 14.9. The van der Waals surface area contributed by atoms with Gasteiger partial charge in [0.1, 0.15) is 15.8 Å². The largest absolute Gasteiger partial charge is 0.478 e. The zero-order valence-electron chi connectivity index (χ0n) is 17.7. The molecule has 0 aliphatic carbocycles. The van der Waals surface area contributed by atoms with Crippen molar-refractivity contribution in [2.75, 3.05) is 7.05 Å². The van der Waals surface area contributed by atoms with Crippen molar-refractivity contribution in [3.05, 3.63) is 64.7 Å². The third-order valence-corrected chi connectivity index (χ3v) is 5.55. The van der Waals surface area contributed by atoms with Gasteiger partial charge in [0.15, 0.2) is 5.60 Å². The number of carboxylic acid groups (broad SMARTS) is 1. The van der Waals surface area contributed by atoms with Crippen molar-refractivity contribution >= 4 is 17.3 Å². The van der Waals surface area contributed by atoms with Gasteiger partial charge in [-0.3, -0.25) is 4.90 Å². The van der Waals surface area contributed by atoms with E-state index in [1.165, 1.54) is 37.3 Å². The van der Waals surface area contributed by atoms with Crippen LogP contribution in [0, 0.1) is 0 Å². The van der Waals surface area contributed by atoms with Crippen LogP contribution >= 0.6 is 11.3 Å². The molecule has 0 aliphatic heterocycles. The van der Waals surface area contributed by atoms with Crippen molar-refractivity contribution in [3.8, 4) is 16.3 Å². The molecule has 3 aromatic rings. The Balaban J connectivity index is 1.58. The van der Waals surface area contributed by atoms with E-state index in [2.05, 4.69) is 10.2 Å². The summed E-state index contributed by atoms with van der Waals surface area (Å²) in [5.74, 6) is -0.580. The van der Waals surface area contributed by atoms with E-state index in [1.807, 2.05) is 24.1 Å². The molecule has 0 atom stereocenters. The van der Waals surface area contributed by atoms with E-state index in [1.54, 1.807) is 12.1 Å². The molecule has 0 fully saturated rings. The van der Waals surface area contributed by atoms with Crippen LogP contribution in [-0.4, -0.2) is 38.8 Å². The van der Waals surface area contributed by atoms with Crippen LogP contribution in [0.5, 0.6) is 5.75 Å². The van der Waals surface area contributed by atoms with Crippen molar-refractivity contribution in [2.45, 2.75) is 38.7 Å². The summed E-state index contributed by atoms with van der Waals surface area (Å²) in [5.41, 5.74) is -0.431. The van der Waals surface area contributed by atoms with Gasteiger partial charge >= 0.3 is 12.1 Å². The number of alkyl halides is 3. The Hall–Kier alpha value is -2.98. The Morgan fingerprint density at radius 2 is 1.66 bits per heavy atom. The van der Waals surface area contributed by atoms with Crippen LogP contribution in [0.4, 0.5) is 13.2 Å². The molecule has 0 saturated heterocycles. The van der Waals surface area contributed by atoms with Gasteiger partial charge in [0.2, 0.25) is 0 Å². The molecule has 10 heteroatoms. The highest BCUT2D eigenvalue weighted by Gasteiger charge is 2.30. The zero-order valence-corrected chi connectivity index (χ0v) is 18.5. The number of ether oxygens (including phenoxy) is 1. The third-order valence-electron chi connectivity index (χ3n) is 4.60. The topological polar surface area (TPSA) is 75.5 Å². The maximum absolute atomic E-state index is 12.7. The Kier molecular flexibility index (Phi) is 6.85. The fourth-order valence-electron chi connectivity index (χ4n) is 2.84. The summed E-state index contributed by atoms with van der Waals surface area (Å²) in [4.78, 5) is 13.2. The lowest BCUT2D eigenvalue weighted by atomic mass is 10.1. The molecule has 1 N–H and O–H groups in total. The Morgan fingerprint density at radius 3 is 2.22 bits per heavy atom. The first-order valence-electron chi connectivity index (χ1n) is 9.64. The first-order valence-corrected chi connectivity index (χ1v) is 10.5. The normalized spacial score (nSPS) is 12.2. The molecule has 0 radical (unpaired) electrons. The summed E-state index contributed by atoms with van der Waals surface area (Å²) in [5, 5.41) is 18.7. The van der Waals surface area contributed by atoms with Gasteiger partial charge in [-0.1, -0.05) is 35.6 Å². The van der Waals surface area contributed by atoms with Gasteiger partial charge in [-0.2, -0.15) is 13.2 Å². The average molecular weight is 465 g/mol. The molecule has 0 aliphatic rings. The van der Waals surface area contributed by atoms with Crippen molar-refractivity contribution in [2.24, 2.45) is 0 Å². The van der Waals surface area contributed by atoms with E-state index in [0.29, 0.717) is 29.4 Å². The molecule has 0 saturated carbocycles. The molecule has 0 unspecified atom stereocenters. The second kappa shape index (κ2) is 9.25. The fraction of sp³-hybridized carbons (Fsp3) is 0.318. The lowest BCUT2D eigenvalue weighted by molar-refractivity contribution is -0.152. The van der Waals surface area contributed by atoms with Crippen molar-refractivity contribution in [1.29, 1.82) is 0 Å². The molecule has 0 bridgehead atoms. The molecule has 0 spiro atoms. The maximum Gasteiger partial charge on any atom is 0.416 e. The summed E-state index contributed by atoms with van der Waals surface area (Å²) in [7, 11) is 1.91. The molecule has 170 valence electrons. The van der Waals surface area contributed by atoms with Crippen LogP contribution in [0.1, 0.15) is 30.0 Å². The van der Waals surface area contributed by atoms with Crippen molar-refractivity contribution in [3.63, 3.8) is 0 Å². The lowest BCUT2D eigenvalue weighted by Gasteiger charge is -2.22. The highest BCUT2D eigenvalue weighted by atomic mass is 32.1. The number of carbonyl (C=O) groups is 1. The number of benzene rings is 2. The summed E-state index contributed by atoms with van der Waals surface area (Å²) in [6, 6.07) is 12.0. The Bertz CT molecular complexity index is 1060. The van der Waals surface area contributed by atoms with E-state index in [9.17, 15) is 18.0 Å². The van der Waals surface area contributed by atoms with Crippen molar-refractivity contribution in [1.82, 2.24) is 15.1 Å². The highest BCUT2D eigenvalue weighted by Crippen LogP contribution is 2.32. The molecule has 6 nitrogen and oxygen atoms in total. The first kappa shape index (κ1) is 23.7. The van der Waals surface area contributed by atoms with E-state index < -0.39 is 23.3 Å². The highest BCUT2D eigenvalue weighted by molar-refractivity contribution is 7.14. The van der Waals surface area contributed by atoms with Gasteiger partial charge in [-0.15, -0.1) is 10.2 Å². The van der Waals surface area contributed by atoms with Crippen LogP contribution < -0.4 is 4.74 Å². The SMILES string of the molecule is CN(Cc1ccc(OC(C)(C)C(=O)O)cc1)Cc1nnc(-c2ccc(C(F)(F)F)cc2)s1. The minimum atomic E-state index is -4.37. The monoisotopic (exact) mass is 465 g/mol. The standard InChI is InChI=1S/C22H22F3N3O3S/c1-21(2,20(29)30)31-17-10-4-14(5-11-17)12-28(3)13-18-26-27-19(32-18)15-6-8-16(9-7-15)22(23,24)25/h4-11H,12-13H2,1-3H3,(H,29,30). The van der Waals surface area contributed by atoms with Crippen LogP contribution in [-0.2, 0) is 24.1 Å². The molecule has 32 heavy (non-hydrogen) atoms. The molecule has 1 aromatic heterocycles. The predicted octanol–water partition coefficient (Wildman–Crippen LogP) is 5.10. The molecular weight excluding hydrogens is 443 g/mol. The number of hydrogen-bond donors (Lipinski definition) is 1. The van der Waals surface area contributed by atoms with E-state index in [4.69, 9.17) is 9.84 Å². The molecule has 2 aromatic carbocycles. The summed E-state index contributed by atoms with van der Waals surface area (Å²) < 4.78 is 43.6. The predicted molar refractivity (Wildman–Crippen MR) is 114 cm³/mol. The minimum absolute atomic E-state index is 0.467. The van der Waals surface area contributed by atoms with Crippen LogP contribution in [0.3, 0.4) is 0 Å². The van der Waals surface area contributed by atoms with Gasteiger partial charge in [0, 0.05) is 12.1 Å². The summed E-state index contributed by atoms with van der Waals surface area (Å²) >= 11 is 1.33. The number of aliphatic carboxylic acids is 1. The van der Waals surface area contributed by atoms with Gasteiger partial charge < -0.3 is 9.84 Å². The molecular formula is C22H22F3N3O3S. The Labute approximate surface area is 187 Å². The molecule has 1 heterocycles. The maximum atomic E-state index is 12.7. The third kappa shape index (κ3) is 6.04. The van der Waals surface area contributed by atoms with Crippen molar-refractivity contribution < 1.29 is 27.8 Å². The number of aromatic nitrogens is 2. The van der Waals surface area contributed by atoms with Crippen LogP contribution in [0.25, 0.3) is 10.6 Å². The lowest BCUT2D eigenvalue weighted by Crippen LogP contribution is -2.37. The van der Waals surface area contributed by atoms with E-state index in [0.717, 1.165) is 22.7 Å². The molecule has 3 rings (SSSR count). The second-order valence-corrected chi connectivity index (χ2v) is 8.87. The van der Waals surface area contributed by atoms with Crippen LogP contribution in [0.2, 0.25) is 0 Å². The number of rotatable bonds is 8. The van der Waals surface area contributed by atoms with E-state index in [-0.39, 0.29) is 0 Å². The van der Waals surface area contributed by atoms with E-state index >= 15 is 0 Å². The van der Waals surface area contributed by atoms with Gasteiger partial charge in [0.25, 0.3) is 0 Å². The molecule has 0 amide bonds. The second-order valence-electron chi connectivity index (χ2n) is 7.81. The van der Waals surface area contributed by atoms with Crippen LogP contribution in [0.15, 0.2) is 48.5 Å². The average Bonchev–Trinajstić information content (AvgIpc) is 3.17. The van der Waals surface area contributed by atoms with Gasteiger partial charge in [-0.25, -0.2) is 4.79 Å². The quantitative estimate of drug-likeness (QED) is 0.499. The summed E-state index contributed by atoms with van der Waals surface area (Å²) in [6.45, 7) is 4.09. The Morgan fingerprint density at radius 1 is 1.03 bits per heavy atom. The number of nitrogens with zero attached hydrogens (tertiary/aromatic N) is 3. The number of hydrogen-bond acceptors (Lipinski definition) is 6. The smallest absolute Gasteiger partial charge is 0.416 e.